The van der Waals surface area contributed by atoms with Crippen LogP contribution in [0.25, 0.3) is 11.1 Å². The Morgan fingerprint density at radius 1 is 0.952 bits per heavy atom. The molecule has 42 heavy (non-hydrogen) atoms. The molecule has 5 nitrogen and oxygen atoms in total. The molecule has 228 valence electrons. The van der Waals surface area contributed by atoms with Gasteiger partial charge >= 0.3 is 0 Å². The van der Waals surface area contributed by atoms with E-state index in [2.05, 4.69) is 87.2 Å². The number of rotatable bonds is 10. The minimum Gasteiger partial charge on any atom is -0.354 e. The zero-order chi connectivity index (χ0) is 30.9. The number of carbonyl (C=O) groups is 2. The van der Waals surface area contributed by atoms with Crippen molar-refractivity contribution < 1.29 is 9.59 Å². The van der Waals surface area contributed by atoms with Gasteiger partial charge in [0.1, 0.15) is 5.41 Å². The zero-order valence-electron chi connectivity index (χ0n) is 26.5. The fourth-order valence-corrected chi connectivity index (χ4v) is 6.77. The van der Waals surface area contributed by atoms with Crippen LogP contribution in [0.4, 0.5) is 0 Å². The number of aryl methyl sites for hydroxylation is 1. The minimum atomic E-state index is -0.674. The second kappa shape index (κ2) is 15.3. The molecule has 0 bridgehead atoms. The lowest BCUT2D eigenvalue weighted by atomic mass is 9.73. The van der Waals surface area contributed by atoms with Crippen molar-refractivity contribution in [1.29, 1.82) is 0 Å². The summed E-state index contributed by atoms with van der Waals surface area (Å²) in [6.45, 7) is 17.6. The Hall–Kier alpha value is -2.53. The molecule has 1 atom stereocenters. The van der Waals surface area contributed by atoms with Gasteiger partial charge in [-0.2, -0.15) is 11.3 Å². The fraction of sp³-hybridized carbons (Fsp3) is 0.486. The number of likely N-dealkylation sites (tertiary alicyclic amines) is 1. The SMILES string of the molecule is CC.CC.Cc1cscc1C(=O)NC1CN(CCCCC2(C(=O)NCC(C)(C)P)c3ccccc3-c3ccccc32)C1. The normalized spacial score (nSPS) is 15.1. The summed E-state index contributed by atoms with van der Waals surface area (Å²) in [6, 6.07) is 17.0. The van der Waals surface area contributed by atoms with Gasteiger partial charge in [0.2, 0.25) is 5.91 Å². The largest absolute Gasteiger partial charge is 0.354 e. The van der Waals surface area contributed by atoms with Crippen molar-refractivity contribution in [1.82, 2.24) is 15.5 Å². The quantitative estimate of drug-likeness (QED) is 0.186. The number of benzene rings is 2. The second-order valence-corrected chi connectivity index (χ2v) is 13.8. The minimum absolute atomic E-state index is 0.0357. The summed E-state index contributed by atoms with van der Waals surface area (Å²) in [5.74, 6) is 0.134. The molecule has 2 aromatic carbocycles. The molecule has 1 unspecified atom stereocenters. The average molecular weight is 608 g/mol. The van der Waals surface area contributed by atoms with Gasteiger partial charge in [-0.3, -0.25) is 14.5 Å². The Morgan fingerprint density at radius 3 is 2.05 bits per heavy atom. The monoisotopic (exact) mass is 607 g/mol. The third kappa shape index (κ3) is 7.51. The van der Waals surface area contributed by atoms with E-state index < -0.39 is 5.41 Å². The number of carbonyl (C=O) groups excluding carboxylic acids is 2. The molecule has 1 saturated heterocycles. The molecule has 2 N–H and O–H groups in total. The molecule has 7 heteroatoms. The van der Waals surface area contributed by atoms with Crippen LogP contribution in [0.5, 0.6) is 0 Å². The van der Waals surface area contributed by atoms with Crippen molar-refractivity contribution in [2.45, 2.75) is 84.3 Å². The molecule has 2 aliphatic rings. The van der Waals surface area contributed by atoms with Gasteiger partial charge in [-0.15, -0.1) is 9.24 Å². The molecule has 1 aliphatic heterocycles. The summed E-state index contributed by atoms with van der Waals surface area (Å²) in [5.41, 5.74) is 5.74. The third-order valence-electron chi connectivity index (χ3n) is 7.82. The first-order chi connectivity index (χ1) is 20.2. The lowest BCUT2D eigenvalue weighted by Gasteiger charge is -2.40. The summed E-state index contributed by atoms with van der Waals surface area (Å²) in [5, 5.41) is 10.3. The predicted octanol–water partition coefficient (Wildman–Crippen LogP) is 7.43. The molecule has 3 aromatic rings. The maximum absolute atomic E-state index is 14.0. The van der Waals surface area contributed by atoms with Crippen molar-refractivity contribution in [3.05, 3.63) is 81.5 Å². The van der Waals surface area contributed by atoms with E-state index in [0.717, 1.165) is 61.2 Å². The maximum Gasteiger partial charge on any atom is 0.252 e. The highest BCUT2D eigenvalue weighted by molar-refractivity contribution is 7.18. The number of nitrogens with one attached hydrogen (secondary N) is 2. The van der Waals surface area contributed by atoms with Gasteiger partial charge < -0.3 is 10.6 Å². The van der Waals surface area contributed by atoms with Gasteiger partial charge in [-0.1, -0.05) is 96.5 Å². The number of nitrogens with zero attached hydrogens (tertiary/aromatic N) is 1. The third-order valence-corrected chi connectivity index (χ3v) is 8.89. The van der Waals surface area contributed by atoms with Crippen molar-refractivity contribution in [2.75, 3.05) is 26.2 Å². The van der Waals surface area contributed by atoms with E-state index >= 15 is 0 Å². The number of hydrogen-bond acceptors (Lipinski definition) is 4. The lowest BCUT2D eigenvalue weighted by Crippen LogP contribution is -2.59. The summed E-state index contributed by atoms with van der Waals surface area (Å²) in [7, 11) is 2.83. The molecule has 2 amide bonds. The van der Waals surface area contributed by atoms with Crippen LogP contribution in [0.15, 0.2) is 59.3 Å². The van der Waals surface area contributed by atoms with E-state index in [1.54, 1.807) is 11.3 Å². The van der Waals surface area contributed by atoms with Gasteiger partial charge in [-0.05, 0) is 64.7 Å². The molecule has 1 aromatic heterocycles. The molecule has 2 heterocycles. The molecular formula is C35H50N3O2PS. The van der Waals surface area contributed by atoms with Crippen LogP contribution in [-0.2, 0) is 10.2 Å². The van der Waals surface area contributed by atoms with Gasteiger partial charge in [0.15, 0.2) is 0 Å². The highest BCUT2D eigenvalue weighted by atomic mass is 32.1. The standard InChI is InChI=1S/C31H38N3O2PS.2C2H6/c1-21-18-38-19-25(21)28(35)33-22-16-34(17-22)15-9-8-14-31(29(36)32-20-30(2,3)37)26-12-6-4-10-23(26)24-11-5-7-13-27(24)31;2*1-2/h4-7,10-13,18-19,22H,8-9,14-17,20,37H2,1-3H3,(H,32,36)(H,33,35);2*1-2H3. The zero-order valence-corrected chi connectivity index (χ0v) is 28.5. The Balaban J connectivity index is 0.00000116. The number of thiophene rings is 1. The van der Waals surface area contributed by atoms with Crippen LogP contribution < -0.4 is 10.6 Å². The molecule has 0 spiro atoms. The van der Waals surface area contributed by atoms with Gasteiger partial charge in [0.25, 0.3) is 5.91 Å². The average Bonchev–Trinajstić information content (AvgIpc) is 3.54. The first-order valence-corrected chi connectivity index (χ1v) is 17.0. The van der Waals surface area contributed by atoms with E-state index in [4.69, 9.17) is 0 Å². The Labute approximate surface area is 260 Å². The molecule has 1 aliphatic carbocycles. The van der Waals surface area contributed by atoms with Crippen LogP contribution in [0.2, 0.25) is 0 Å². The fourth-order valence-electron chi connectivity index (χ4n) is 5.84. The summed E-state index contributed by atoms with van der Waals surface area (Å²) in [6.07, 6.45) is 2.73. The number of fused-ring (bicyclic) bond motifs is 3. The number of hydrogen-bond donors (Lipinski definition) is 2. The molecule has 1 fully saturated rings. The summed E-state index contributed by atoms with van der Waals surface area (Å²) < 4.78 is 0. The van der Waals surface area contributed by atoms with E-state index in [1.165, 1.54) is 11.1 Å². The number of amides is 2. The molecule has 0 saturated carbocycles. The lowest BCUT2D eigenvalue weighted by molar-refractivity contribution is -0.125. The van der Waals surface area contributed by atoms with E-state index in [0.29, 0.717) is 6.54 Å². The second-order valence-electron chi connectivity index (χ2n) is 11.5. The smallest absolute Gasteiger partial charge is 0.252 e. The first kappa shape index (κ1) is 34.0. The van der Waals surface area contributed by atoms with Crippen LogP contribution in [0.1, 0.15) is 87.9 Å². The predicted molar refractivity (Wildman–Crippen MR) is 183 cm³/mol. The van der Waals surface area contributed by atoms with Crippen molar-refractivity contribution in [2.24, 2.45) is 0 Å². The summed E-state index contributed by atoms with van der Waals surface area (Å²) in [4.78, 5) is 28.9. The molecular weight excluding hydrogens is 557 g/mol. The Bertz CT molecular complexity index is 1280. The van der Waals surface area contributed by atoms with Crippen LogP contribution in [0, 0.1) is 6.92 Å². The van der Waals surface area contributed by atoms with Gasteiger partial charge in [0, 0.05) is 25.0 Å². The molecule has 0 radical (unpaired) electrons. The first-order valence-electron chi connectivity index (χ1n) is 15.5. The van der Waals surface area contributed by atoms with E-state index in [1.807, 2.05) is 45.4 Å². The highest BCUT2D eigenvalue weighted by Crippen LogP contribution is 2.51. The maximum atomic E-state index is 14.0. The topological polar surface area (TPSA) is 61.4 Å². The number of unbranched alkanes of at least 4 members (excludes halogenated alkanes) is 1. The molecule has 5 rings (SSSR count). The van der Waals surface area contributed by atoms with Crippen molar-refractivity contribution >= 4 is 32.4 Å². The van der Waals surface area contributed by atoms with E-state index in [-0.39, 0.29) is 23.0 Å². The Morgan fingerprint density at radius 2 is 1.52 bits per heavy atom. The highest BCUT2D eigenvalue weighted by Gasteiger charge is 2.48. The van der Waals surface area contributed by atoms with Crippen LogP contribution >= 0.6 is 20.6 Å². The van der Waals surface area contributed by atoms with Crippen molar-refractivity contribution in [3.8, 4) is 11.1 Å². The summed E-state index contributed by atoms with van der Waals surface area (Å²) >= 11 is 1.57. The van der Waals surface area contributed by atoms with Crippen LogP contribution in [0.3, 0.4) is 0 Å². The van der Waals surface area contributed by atoms with Crippen molar-refractivity contribution in [3.63, 3.8) is 0 Å². The Kier molecular flexibility index (Phi) is 12.4. The van der Waals surface area contributed by atoms with Gasteiger partial charge in [0.05, 0.1) is 11.6 Å². The van der Waals surface area contributed by atoms with E-state index in [9.17, 15) is 9.59 Å². The van der Waals surface area contributed by atoms with Gasteiger partial charge in [-0.25, -0.2) is 0 Å². The van der Waals surface area contributed by atoms with Crippen LogP contribution in [-0.4, -0.2) is 54.1 Å².